The molecular formula is C16H21NO3. The molecule has 0 unspecified atom stereocenters. The number of benzene rings is 1. The van der Waals surface area contributed by atoms with Crippen LogP contribution in [0.25, 0.3) is 0 Å². The SMILES string of the molecule is CCOCCN(CC)C(=O)c1ccc(C#CCO)cc1. The van der Waals surface area contributed by atoms with Crippen molar-refractivity contribution in [3.05, 3.63) is 35.4 Å². The lowest BCUT2D eigenvalue weighted by Crippen LogP contribution is -2.33. The highest BCUT2D eigenvalue weighted by Gasteiger charge is 2.13. The standard InChI is InChI=1S/C16H21NO3/c1-3-17(11-13-20-4-2)16(19)15-9-7-14(8-10-15)6-5-12-18/h7-10,18H,3-4,11-13H2,1-2H3. The first-order valence-electron chi connectivity index (χ1n) is 6.79. The summed E-state index contributed by atoms with van der Waals surface area (Å²) in [4.78, 5) is 14.0. The van der Waals surface area contributed by atoms with Crippen LogP contribution in [-0.4, -0.2) is 48.8 Å². The summed E-state index contributed by atoms with van der Waals surface area (Å²) in [5.41, 5.74) is 1.42. The second-order valence-electron chi connectivity index (χ2n) is 4.12. The molecule has 0 aliphatic carbocycles. The summed E-state index contributed by atoms with van der Waals surface area (Å²) in [5, 5.41) is 8.63. The van der Waals surface area contributed by atoms with E-state index in [0.29, 0.717) is 31.9 Å². The van der Waals surface area contributed by atoms with E-state index in [0.717, 1.165) is 5.56 Å². The molecule has 108 valence electrons. The molecule has 0 aliphatic rings. The number of rotatable bonds is 6. The van der Waals surface area contributed by atoms with Crippen molar-refractivity contribution in [3.8, 4) is 11.8 Å². The second-order valence-corrected chi connectivity index (χ2v) is 4.12. The maximum atomic E-state index is 12.3. The molecule has 0 saturated carbocycles. The Balaban J connectivity index is 2.69. The van der Waals surface area contributed by atoms with Crippen LogP contribution in [0.3, 0.4) is 0 Å². The fourth-order valence-corrected chi connectivity index (χ4v) is 1.74. The van der Waals surface area contributed by atoms with Crippen molar-refractivity contribution >= 4 is 5.91 Å². The van der Waals surface area contributed by atoms with Gasteiger partial charge in [0.1, 0.15) is 6.61 Å². The lowest BCUT2D eigenvalue weighted by Gasteiger charge is -2.20. The predicted octanol–water partition coefficient (Wildman–Crippen LogP) is 1.53. The minimum absolute atomic E-state index is 0.00568. The Hall–Kier alpha value is -1.83. The quantitative estimate of drug-likeness (QED) is 0.633. The van der Waals surface area contributed by atoms with E-state index in [2.05, 4.69) is 11.8 Å². The van der Waals surface area contributed by atoms with Gasteiger partial charge >= 0.3 is 0 Å². The lowest BCUT2D eigenvalue weighted by atomic mass is 10.1. The number of hydrogen-bond acceptors (Lipinski definition) is 3. The van der Waals surface area contributed by atoms with Gasteiger partial charge in [0.15, 0.2) is 0 Å². The van der Waals surface area contributed by atoms with Crippen LogP contribution in [0, 0.1) is 11.8 Å². The maximum absolute atomic E-state index is 12.3. The van der Waals surface area contributed by atoms with Gasteiger partial charge in [-0.3, -0.25) is 4.79 Å². The fraction of sp³-hybridized carbons (Fsp3) is 0.438. The number of carbonyl (C=O) groups is 1. The van der Waals surface area contributed by atoms with Crippen molar-refractivity contribution in [2.45, 2.75) is 13.8 Å². The number of aliphatic hydroxyl groups excluding tert-OH is 1. The van der Waals surface area contributed by atoms with Crippen LogP contribution < -0.4 is 0 Å². The van der Waals surface area contributed by atoms with Gasteiger partial charge in [-0.15, -0.1) is 0 Å². The number of likely N-dealkylation sites (N-methyl/N-ethyl adjacent to an activating group) is 1. The van der Waals surface area contributed by atoms with Gasteiger partial charge in [-0.1, -0.05) is 11.8 Å². The Morgan fingerprint density at radius 1 is 1.30 bits per heavy atom. The molecule has 1 aromatic rings. The molecule has 20 heavy (non-hydrogen) atoms. The van der Waals surface area contributed by atoms with Crippen LogP contribution in [0.15, 0.2) is 24.3 Å². The van der Waals surface area contributed by atoms with Gasteiger partial charge < -0.3 is 14.7 Å². The summed E-state index contributed by atoms with van der Waals surface area (Å²) in [6.07, 6.45) is 0. The molecule has 4 heteroatoms. The Morgan fingerprint density at radius 3 is 2.55 bits per heavy atom. The van der Waals surface area contributed by atoms with E-state index >= 15 is 0 Å². The zero-order chi connectivity index (χ0) is 14.8. The van der Waals surface area contributed by atoms with Gasteiger partial charge in [-0.05, 0) is 38.1 Å². The number of carbonyl (C=O) groups excluding carboxylic acids is 1. The van der Waals surface area contributed by atoms with Gasteiger partial charge in [-0.2, -0.15) is 0 Å². The van der Waals surface area contributed by atoms with Gasteiger partial charge in [0, 0.05) is 30.8 Å². The second kappa shape index (κ2) is 9.13. The maximum Gasteiger partial charge on any atom is 0.253 e. The van der Waals surface area contributed by atoms with Gasteiger partial charge in [0.25, 0.3) is 5.91 Å². The molecule has 0 aromatic heterocycles. The topological polar surface area (TPSA) is 49.8 Å². The predicted molar refractivity (Wildman–Crippen MR) is 78.5 cm³/mol. The lowest BCUT2D eigenvalue weighted by molar-refractivity contribution is 0.0669. The van der Waals surface area contributed by atoms with Gasteiger partial charge in [0.2, 0.25) is 0 Å². The highest BCUT2D eigenvalue weighted by molar-refractivity contribution is 5.94. The Bertz CT molecular complexity index is 471. The molecule has 1 amide bonds. The third kappa shape index (κ3) is 5.04. The summed E-state index contributed by atoms with van der Waals surface area (Å²) >= 11 is 0. The van der Waals surface area contributed by atoms with Crippen LogP contribution in [0.1, 0.15) is 29.8 Å². The van der Waals surface area contributed by atoms with Crippen LogP contribution in [0.5, 0.6) is 0 Å². The minimum atomic E-state index is -0.165. The van der Waals surface area contributed by atoms with Crippen LogP contribution in [0.2, 0.25) is 0 Å². The van der Waals surface area contributed by atoms with Gasteiger partial charge in [0.05, 0.1) is 6.61 Å². The normalized spacial score (nSPS) is 9.75. The van der Waals surface area contributed by atoms with E-state index < -0.39 is 0 Å². The van der Waals surface area contributed by atoms with Gasteiger partial charge in [-0.25, -0.2) is 0 Å². The van der Waals surface area contributed by atoms with Crippen molar-refractivity contribution < 1.29 is 14.6 Å². The van der Waals surface area contributed by atoms with Crippen LogP contribution in [0.4, 0.5) is 0 Å². The average molecular weight is 275 g/mol. The highest BCUT2D eigenvalue weighted by atomic mass is 16.5. The number of hydrogen-bond donors (Lipinski definition) is 1. The van der Waals surface area contributed by atoms with E-state index in [1.54, 1.807) is 29.2 Å². The summed E-state index contributed by atoms with van der Waals surface area (Å²) in [6.45, 7) is 6.17. The molecule has 0 heterocycles. The van der Waals surface area contributed by atoms with Crippen molar-refractivity contribution in [1.82, 2.24) is 4.90 Å². The first-order valence-corrected chi connectivity index (χ1v) is 6.79. The molecular weight excluding hydrogens is 254 g/mol. The zero-order valence-electron chi connectivity index (χ0n) is 12.1. The molecule has 4 nitrogen and oxygen atoms in total. The Labute approximate surface area is 120 Å². The smallest absolute Gasteiger partial charge is 0.253 e. The number of aliphatic hydroxyl groups is 1. The first-order chi connectivity index (χ1) is 9.72. The summed E-state index contributed by atoms with van der Waals surface area (Å²) < 4.78 is 5.28. The molecule has 0 fully saturated rings. The first kappa shape index (κ1) is 16.2. The molecule has 0 bridgehead atoms. The largest absolute Gasteiger partial charge is 0.384 e. The molecule has 1 N–H and O–H groups in total. The Morgan fingerprint density at radius 2 is 2.00 bits per heavy atom. The number of ether oxygens (including phenoxy) is 1. The van der Waals surface area contributed by atoms with Crippen LogP contribution >= 0.6 is 0 Å². The molecule has 0 aliphatic heterocycles. The van der Waals surface area contributed by atoms with Crippen molar-refractivity contribution in [3.63, 3.8) is 0 Å². The molecule has 0 atom stereocenters. The monoisotopic (exact) mass is 275 g/mol. The minimum Gasteiger partial charge on any atom is -0.384 e. The fourth-order valence-electron chi connectivity index (χ4n) is 1.74. The number of amides is 1. The summed E-state index contributed by atoms with van der Waals surface area (Å²) in [5.74, 6) is 5.37. The van der Waals surface area contributed by atoms with Crippen molar-refractivity contribution in [1.29, 1.82) is 0 Å². The summed E-state index contributed by atoms with van der Waals surface area (Å²) in [6, 6.07) is 7.08. The zero-order valence-corrected chi connectivity index (χ0v) is 12.1. The molecule has 1 aromatic carbocycles. The molecule has 1 rings (SSSR count). The van der Waals surface area contributed by atoms with E-state index in [1.807, 2.05) is 13.8 Å². The third-order valence-electron chi connectivity index (χ3n) is 2.82. The van der Waals surface area contributed by atoms with Crippen LogP contribution in [-0.2, 0) is 4.74 Å². The third-order valence-corrected chi connectivity index (χ3v) is 2.82. The molecule has 0 saturated heterocycles. The van der Waals surface area contributed by atoms with E-state index in [9.17, 15) is 4.79 Å². The molecule has 0 spiro atoms. The highest BCUT2D eigenvalue weighted by Crippen LogP contribution is 2.07. The van der Waals surface area contributed by atoms with E-state index in [4.69, 9.17) is 9.84 Å². The van der Waals surface area contributed by atoms with Crippen molar-refractivity contribution in [2.24, 2.45) is 0 Å². The number of nitrogens with zero attached hydrogens (tertiary/aromatic N) is 1. The van der Waals surface area contributed by atoms with Crippen molar-refractivity contribution in [2.75, 3.05) is 32.9 Å². The van der Waals surface area contributed by atoms with E-state index in [-0.39, 0.29) is 12.5 Å². The Kier molecular flexibility index (Phi) is 7.41. The van der Waals surface area contributed by atoms with E-state index in [1.165, 1.54) is 0 Å². The average Bonchev–Trinajstić information content (AvgIpc) is 2.49. The summed E-state index contributed by atoms with van der Waals surface area (Å²) in [7, 11) is 0. The molecule has 0 radical (unpaired) electrons.